The van der Waals surface area contributed by atoms with Crippen molar-refractivity contribution in [1.82, 2.24) is 14.4 Å². The number of nitro benzene ring substituents is 1. The second-order valence-corrected chi connectivity index (χ2v) is 8.13. The van der Waals surface area contributed by atoms with Crippen LogP contribution in [0.4, 0.5) is 5.69 Å². The van der Waals surface area contributed by atoms with Crippen LogP contribution in [0.3, 0.4) is 0 Å². The van der Waals surface area contributed by atoms with Crippen LogP contribution in [-0.2, 0) is 16.6 Å². The van der Waals surface area contributed by atoms with E-state index in [1.54, 1.807) is 26.0 Å². The summed E-state index contributed by atoms with van der Waals surface area (Å²) in [6.07, 6.45) is 0. The lowest BCUT2D eigenvalue weighted by Gasteiger charge is -2.33. The quantitative estimate of drug-likeness (QED) is 0.573. The number of hydrogen-bond acceptors (Lipinski definition) is 7. The third-order valence-corrected chi connectivity index (χ3v) is 6.59. The van der Waals surface area contributed by atoms with Crippen LogP contribution in [0, 0.1) is 24.0 Å². The Labute approximate surface area is 151 Å². The molecule has 0 radical (unpaired) electrons. The van der Waals surface area contributed by atoms with Crippen molar-refractivity contribution >= 4 is 15.7 Å². The Hall–Kier alpha value is -2.30. The van der Waals surface area contributed by atoms with Gasteiger partial charge in [-0.3, -0.25) is 15.0 Å². The Morgan fingerprint density at radius 3 is 2.27 bits per heavy atom. The zero-order chi connectivity index (χ0) is 18.9. The van der Waals surface area contributed by atoms with Crippen LogP contribution in [-0.4, -0.2) is 53.9 Å². The number of sulfonamides is 1. The predicted molar refractivity (Wildman–Crippen MR) is 93.1 cm³/mol. The zero-order valence-electron chi connectivity index (χ0n) is 14.6. The van der Waals surface area contributed by atoms with Crippen LogP contribution in [0.2, 0.25) is 0 Å². The number of piperazine rings is 1. The van der Waals surface area contributed by atoms with E-state index in [-0.39, 0.29) is 10.6 Å². The molecule has 2 aromatic rings. The normalized spacial score (nSPS) is 16.7. The average Bonchev–Trinajstić information content (AvgIpc) is 2.95. The van der Waals surface area contributed by atoms with Gasteiger partial charge < -0.3 is 4.52 Å². The smallest absolute Gasteiger partial charge is 0.269 e. The lowest BCUT2D eigenvalue weighted by Crippen LogP contribution is -2.48. The van der Waals surface area contributed by atoms with E-state index in [0.29, 0.717) is 44.2 Å². The molecule has 9 nitrogen and oxygen atoms in total. The molecule has 1 aromatic heterocycles. The van der Waals surface area contributed by atoms with Crippen molar-refractivity contribution < 1.29 is 17.9 Å². The van der Waals surface area contributed by atoms with Crippen molar-refractivity contribution in [3.63, 3.8) is 0 Å². The van der Waals surface area contributed by atoms with E-state index in [4.69, 9.17) is 4.52 Å². The largest absolute Gasteiger partial charge is 0.360 e. The minimum absolute atomic E-state index is 0.0594. The van der Waals surface area contributed by atoms with Gasteiger partial charge >= 0.3 is 0 Å². The highest BCUT2D eigenvalue weighted by molar-refractivity contribution is 7.89. The summed E-state index contributed by atoms with van der Waals surface area (Å²) in [5.74, 6) is 0.302. The third-order valence-electron chi connectivity index (χ3n) is 4.45. The van der Waals surface area contributed by atoms with Gasteiger partial charge in [-0.25, -0.2) is 8.42 Å². The van der Waals surface area contributed by atoms with Gasteiger partial charge in [0.05, 0.1) is 4.92 Å². The Bertz CT molecular complexity index is 880. The second kappa shape index (κ2) is 7.14. The maximum absolute atomic E-state index is 12.8. The number of nitro groups is 1. The van der Waals surface area contributed by atoms with Gasteiger partial charge in [0, 0.05) is 44.9 Å². The summed E-state index contributed by atoms with van der Waals surface area (Å²) in [6.45, 7) is 5.75. The van der Waals surface area contributed by atoms with Gasteiger partial charge in [-0.1, -0.05) is 17.3 Å². The van der Waals surface area contributed by atoms with Crippen molar-refractivity contribution in [2.75, 3.05) is 26.2 Å². The summed E-state index contributed by atoms with van der Waals surface area (Å²) in [4.78, 5) is 12.6. The SMILES string of the molecule is Cc1noc(C)c1S(=O)(=O)N1CCN(Cc2ccc([N+](=O)[O-])cc2)CC1. The van der Waals surface area contributed by atoms with Crippen LogP contribution >= 0.6 is 0 Å². The minimum Gasteiger partial charge on any atom is -0.360 e. The van der Waals surface area contributed by atoms with E-state index in [1.807, 2.05) is 0 Å². The topological polar surface area (TPSA) is 110 Å². The number of nitrogens with zero attached hydrogens (tertiary/aromatic N) is 4. The van der Waals surface area contributed by atoms with Crippen molar-refractivity contribution in [2.24, 2.45) is 0 Å². The molecule has 1 aliphatic heterocycles. The highest BCUT2D eigenvalue weighted by Gasteiger charge is 2.33. The molecule has 0 amide bonds. The van der Waals surface area contributed by atoms with Gasteiger partial charge in [0.15, 0.2) is 5.76 Å². The first-order chi connectivity index (χ1) is 12.3. The highest BCUT2D eigenvalue weighted by atomic mass is 32.2. The third kappa shape index (κ3) is 3.62. The van der Waals surface area contributed by atoms with Gasteiger partial charge in [-0.15, -0.1) is 0 Å². The molecule has 140 valence electrons. The summed E-state index contributed by atoms with van der Waals surface area (Å²) in [7, 11) is -3.62. The standard InChI is InChI=1S/C16H20N4O5S/c1-12-16(13(2)25-17-12)26(23,24)19-9-7-18(8-10-19)11-14-3-5-15(6-4-14)20(21)22/h3-6H,7-11H2,1-2H3. The Kier molecular flexibility index (Phi) is 5.08. The first-order valence-electron chi connectivity index (χ1n) is 8.18. The van der Waals surface area contributed by atoms with Crippen molar-refractivity contribution in [3.05, 3.63) is 51.4 Å². The molecule has 1 saturated heterocycles. The molecule has 26 heavy (non-hydrogen) atoms. The van der Waals surface area contributed by atoms with Gasteiger partial charge in [0.25, 0.3) is 5.69 Å². The van der Waals surface area contributed by atoms with E-state index < -0.39 is 14.9 Å². The van der Waals surface area contributed by atoms with Crippen LogP contribution < -0.4 is 0 Å². The van der Waals surface area contributed by atoms with Crippen molar-refractivity contribution in [3.8, 4) is 0 Å². The Balaban J connectivity index is 1.63. The Morgan fingerprint density at radius 2 is 1.77 bits per heavy atom. The molecule has 0 atom stereocenters. The number of non-ortho nitro benzene ring substituents is 1. The number of rotatable bonds is 5. The van der Waals surface area contributed by atoms with Crippen LogP contribution in [0.5, 0.6) is 0 Å². The predicted octanol–water partition coefficient (Wildman–Crippen LogP) is 1.71. The number of aromatic nitrogens is 1. The van der Waals surface area contributed by atoms with Crippen LogP contribution in [0.1, 0.15) is 17.0 Å². The fourth-order valence-corrected chi connectivity index (χ4v) is 4.79. The van der Waals surface area contributed by atoms with Crippen molar-refractivity contribution in [2.45, 2.75) is 25.3 Å². The molecule has 3 rings (SSSR count). The number of hydrogen-bond donors (Lipinski definition) is 0. The van der Waals surface area contributed by atoms with Crippen LogP contribution in [0.25, 0.3) is 0 Å². The summed E-state index contributed by atoms with van der Waals surface area (Å²) >= 11 is 0. The maximum Gasteiger partial charge on any atom is 0.269 e. The lowest BCUT2D eigenvalue weighted by atomic mass is 10.2. The van der Waals surface area contributed by atoms with Gasteiger partial charge in [-0.05, 0) is 19.4 Å². The minimum atomic E-state index is -3.62. The molecule has 1 aromatic carbocycles. The molecule has 0 spiro atoms. The molecule has 0 aliphatic carbocycles. The lowest BCUT2D eigenvalue weighted by molar-refractivity contribution is -0.384. The van der Waals surface area contributed by atoms with E-state index in [9.17, 15) is 18.5 Å². The van der Waals surface area contributed by atoms with Crippen LogP contribution in [0.15, 0.2) is 33.7 Å². The van der Waals surface area contributed by atoms with Gasteiger partial charge in [0.2, 0.25) is 10.0 Å². The fourth-order valence-electron chi connectivity index (χ4n) is 3.08. The molecule has 2 heterocycles. The van der Waals surface area contributed by atoms with E-state index >= 15 is 0 Å². The van der Waals surface area contributed by atoms with Gasteiger partial charge in [-0.2, -0.15) is 4.31 Å². The van der Waals surface area contributed by atoms with Gasteiger partial charge in [0.1, 0.15) is 10.6 Å². The maximum atomic E-state index is 12.8. The second-order valence-electron chi connectivity index (χ2n) is 6.26. The molecule has 1 aliphatic rings. The summed E-state index contributed by atoms with van der Waals surface area (Å²) in [5, 5.41) is 14.4. The Morgan fingerprint density at radius 1 is 1.15 bits per heavy atom. The first kappa shape index (κ1) is 18.5. The molecule has 10 heteroatoms. The molecule has 0 saturated carbocycles. The van der Waals surface area contributed by atoms with Crippen molar-refractivity contribution in [1.29, 1.82) is 0 Å². The summed E-state index contributed by atoms with van der Waals surface area (Å²) < 4.78 is 32.0. The average molecular weight is 380 g/mol. The molecule has 0 N–H and O–H groups in total. The molecule has 0 unspecified atom stereocenters. The number of benzene rings is 1. The van der Waals surface area contributed by atoms with E-state index in [2.05, 4.69) is 10.1 Å². The molecular weight excluding hydrogens is 360 g/mol. The molecule has 0 bridgehead atoms. The molecular formula is C16H20N4O5S. The molecule has 1 fully saturated rings. The summed E-state index contributed by atoms with van der Waals surface area (Å²) in [6, 6.07) is 6.41. The highest BCUT2D eigenvalue weighted by Crippen LogP contribution is 2.24. The first-order valence-corrected chi connectivity index (χ1v) is 9.62. The van der Waals surface area contributed by atoms with E-state index in [0.717, 1.165) is 5.56 Å². The zero-order valence-corrected chi connectivity index (χ0v) is 15.4. The number of aryl methyl sites for hydroxylation is 2. The van der Waals surface area contributed by atoms with E-state index in [1.165, 1.54) is 16.4 Å². The monoisotopic (exact) mass is 380 g/mol. The summed E-state index contributed by atoms with van der Waals surface area (Å²) in [5.41, 5.74) is 1.39. The fraction of sp³-hybridized carbons (Fsp3) is 0.438.